The Balaban J connectivity index is 2.28. The summed E-state index contributed by atoms with van der Waals surface area (Å²) >= 11 is 5.90. The van der Waals surface area contributed by atoms with Crippen molar-refractivity contribution in [3.63, 3.8) is 0 Å². The van der Waals surface area contributed by atoms with Gasteiger partial charge in [0, 0.05) is 0 Å². The third-order valence-electron chi connectivity index (χ3n) is 4.39. The van der Waals surface area contributed by atoms with Crippen molar-refractivity contribution >= 4 is 11.6 Å². The summed E-state index contributed by atoms with van der Waals surface area (Å²) in [7, 11) is 0. The molecule has 11 heteroatoms. The van der Waals surface area contributed by atoms with Crippen LogP contribution in [-0.2, 0) is 9.47 Å². The fourth-order valence-corrected chi connectivity index (χ4v) is 3.27. The van der Waals surface area contributed by atoms with Gasteiger partial charge in [0.15, 0.2) is 6.29 Å². The first kappa shape index (κ1) is 19.2. The molecule has 0 saturated carbocycles. The van der Waals surface area contributed by atoms with Crippen molar-refractivity contribution in [2.24, 2.45) is 0 Å². The zero-order chi connectivity index (χ0) is 17.5. The number of ether oxygens (including phenoxy) is 2. The van der Waals surface area contributed by atoms with Crippen LogP contribution in [0.1, 0.15) is 0 Å². The summed E-state index contributed by atoms with van der Waals surface area (Å²) in [6.45, 7) is -1.66. The Hall–Kier alpha value is -0.110. The van der Waals surface area contributed by atoms with E-state index in [9.17, 15) is 35.7 Å². The molecule has 0 radical (unpaired) electrons. The summed E-state index contributed by atoms with van der Waals surface area (Å²) in [4.78, 5) is 0. The van der Waals surface area contributed by atoms with E-state index in [0.717, 1.165) is 0 Å². The van der Waals surface area contributed by atoms with Gasteiger partial charge in [-0.15, -0.1) is 11.6 Å². The number of aliphatic hydroxyl groups excluding tert-OH is 8. The van der Waals surface area contributed by atoms with Crippen LogP contribution < -0.4 is 0 Å². The molecule has 2 rings (SSSR count). The SMILES string of the molecule is OC[C@H]1O[C@@](CO)(C(O)[C@H]2OC(O)[C@H](O)[C@@H](O)[C@H]2Cl)[C@@H](O)[C@@H]1O. The quantitative estimate of drug-likeness (QED) is 0.227. The maximum atomic E-state index is 10.5. The van der Waals surface area contributed by atoms with E-state index in [0.29, 0.717) is 0 Å². The van der Waals surface area contributed by atoms with E-state index in [4.69, 9.17) is 26.2 Å². The average Bonchev–Trinajstić information content (AvgIpc) is 2.80. The van der Waals surface area contributed by atoms with Gasteiger partial charge in [0.05, 0.1) is 18.6 Å². The molecule has 0 spiro atoms. The molecular formula is C12H21ClO10. The fourth-order valence-electron chi connectivity index (χ4n) is 2.92. The van der Waals surface area contributed by atoms with Gasteiger partial charge in [0.1, 0.15) is 48.3 Å². The van der Waals surface area contributed by atoms with Crippen molar-refractivity contribution in [2.45, 2.75) is 60.0 Å². The van der Waals surface area contributed by atoms with E-state index in [1.165, 1.54) is 0 Å². The lowest BCUT2D eigenvalue weighted by Gasteiger charge is -2.45. The number of alkyl halides is 1. The predicted molar refractivity (Wildman–Crippen MR) is 72.3 cm³/mol. The second-order valence-electron chi connectivity index (χ2n) is 5.75. The van der Waals surface area contributed by atoms with Gasteiger partial charge in [-0.1, -0.05) is 0 Å². The zero-order valence-corrected chi connectivity index (χ0v) is 12.6. The molecule has 10 nitrogen and oxygen atoms in total. The summed E-state index contributed by atoms with van der Waals surface area (Å²) in [5.41, 5.74) is -2.16. The van der Waals surface area contributed by atoms with Gasteiger partial charge in [-0.25, -0.2) is 0 Å². The molecule has 2 heterocycles. The first-order chi connectivity index (χ1) is 10.7. The third kappa shape index (κ3) is 2.98. The molecule has 2 aliphatic heterocycles. The first-order valence-corrected chi connectivity index (χ1v) is 7.42. The Kier molecular flexibility index (Phi) is 5.87. The molecule has 0 aromatic rings. The highest BCUT2D eigenvalue weighted by atomic mass is 35.5. The monoisotopic (exact) mass is 360 g/mol. The second kappa shape index (κ2) is 7.02. The number of aliphatic hydroxyl groups is 8. The van der Waals surface area contributed by atoms with Crippen molar-refractivity contribution in [1.29, 1.82) is 0 Å². The van der Waals surface area contributed by atoms with Crippen molar-refractivity contribution in [3.8, 4) is 0 Å². The van der Waals surface area contributed by atoms with Crippen LogP contribution in [0, 0.1) is 0 Å². The summed E-state index contributed by atoms with van der Waals surface area (Å²) in [6.07, 6.45) is -13.3. The van der Waals surface area contributed by atoms with E-state index >= 15 is 0 Å². The molecule has 0 aromatic heterocycles. The minimum Gasteiger partial charge on any atom is -0.394 e. The molecule has 10 atom stereocenters. The highest BCUT2D eigenvalue weighted by Gasteiger charge is 2.62. The first-order valence-electron chi connectivity index (χ1n) is 6.98. The molecule has 0 aliphatic carbocycles. The molecule has 2 fully saturated rings. The average molecular weight is 361 g/mol. The molecule has 8 N–H and O–H groups in total. The second-order valence-corrected chi connectivity index (χ2v) is 6.25. The van der Waals surface area contributed by atoms with Crippen LogP contribution in [0.3, 0.4) is 0 Å². The molecule has 0 amide bonds. The molecule has 0 bridgehead atoms. The molecule has 2 unspecified atom stereocenters. The fraction of sp³-hybridized carbons (Fsp3) is 1.00. The van der Waals surface area contributed by atoms with Gasteiger partial charge in [-0.05, 0) is 0 Å². The van der Waals surface area contributed by atoms with Crippen LogP contribution in [0.25, 0.3) is 0 Å². The smallest absolute Gasteiger partial charge is 0.183 e. The number of hydrogen-bond acceptors (Lipinski definition) is 10. The third-order valence-corrected chi connectivity index (χ3v) is 4.90. The van der Waals surface area contributed by atoms with E-state index in [1.807, 2.05) is 0 Å². The Morgan fingerprint density at radius 1 is 1.00 bits per heavy atom. The number of rotatable bonds is 4. The lowest BCUT2D eigenvalue weighted by Crippen LogP contribution is -2.66. The normalized spacial score (nSPS) is 52.6. The van der Waals surface area contributed by atoms with Gasteiger partial charge in [-0.3, -0.25) is 0 Å². The summed E-state index contributed by atoms with van der Waals surface area (Å²) in [6, 6.07) is 0. The van der Waals surface area contributed by atoms with Gasteiger partial charge < -0.3 is 50.3 Å². The maximum absolute atomic E-state index is 10.5. The Morgan fingerprint density at radius 3 is 2.09 bits per heavy atom. The lowest BCUT2D eigenvalue weighted by molar-refractivity contribution is -0.286. The number of halogens is 1. The largest absolute Gasteiger partial charge is 0.394 e. The van der Waals surface area contributed by atoms with E-state index in [-0.39, 0.29) is 0 Å². The number of hydrogen-bond donors (Lipinski definition) is 8. The molecule has 23 heavy (non-hydrogen) atoms. The molecular weight excluding hydrogens is 340 g/mol. The van der Waals surface area contributed by atoms with Gasteiger partial charge in [-0.2, -0.15) is 0 Å². The van der Waals surface area contributed by atoms with Crippen LogP contribution in [-0.4, -0.2) is 114 Å². The van der Waals surface area contributed by atoms with Crippen molar-refractivity contribution in [2.75, 3.05) is 13.2 Å². The maximum Gasteiger partial charge on any atom is 0.183 e. The van der Waals surface area contributed by atoms with Crippen molar-refractivity contribution < 1.29 is 50.3 Å². The molecule has 136 valence electrons. The van der Waals surface area contributed by atoms with Gasteiger partial charge in [0.25, 0.3) is 0 Å². The minimum absolute atomic E-state index is 0.688. The highest BCUT2D eigenvalue weighted by Crippen LogP contribution is 2.39. The lowest BCUT2D eigenvalue weighted by atomic mass is 9.83. The molecule has 2 aliphatic rings. The van der Waals surface area contributed by atoms with E-state index in [2.05, 4.69) is 0 Å². The van der Waals surface area contributed by atoms with Gasteiger partial charge >= 0.3 is 0 Å². The summed E-state index contributed by atoms with van der Waals surface area (Å²) in [5, 5.41) is 76.5. The minimum atomic E-state index is -2.16. The topological polar surface area (TPSA) is 180 Å². The standard InChI is InChI=1S/C12H21ClO10/c13-4-6(17)7(18)11(21)22-8(4)10(20)12(2-15)9(19)5(16)3(1-14)23-12/h3-11,14-21H,1-2H2/t3-,4-,5-,6+,7-,8+,9+,10?,11?,12-/m1/s1. The van der Waals surface area contributed by atoms with E-state index in [1.54, 1.807) is 0 Å². The van der Waals surface area contributed by atoms with Crippen LogP contribution in [0.2, 0.25) is 0 Å². The molecule has 0 aromatic carbocycles. The summed E-state index contributed by atoms with van der Waals surface area (Å²) in [5.74, 6) is 0. The van der Waals surface area contributed by atoms with Crippen LogP contribution in [0.4, 0.5) is 0 Å². The highest BCUT2D eigenvalue weighted by molar-refractivity contribution is 6.21. The van der Waals surface area contributed by atoms with Crippen molar-refractivity contribution in [1.82, 2.24) is 0 Å². The van der Waals surface area contributed by atoms with Gasteiger partial charge in [0.2, 0.25) is 0 Å². The summed E-state index contributed by atoms with van der Waals surface area (Å²) < 4.78 is 10.2. The van der Waals surface area contributed by atoms with E-state index < -0.39 is 73.2 Å². The van der Waals surface area contributed by atoms with Crippen molar-refractivity contribution in [3.05, 3.63) is 0 Å². The Bertz CT molecular complexity index is 413. The predicted octanol–water partition coefficient (Wildman–Crippen LogP) is -4.76. The molecule has 2 saturated heterocycles. The van der Waals surface area contributed by atoms with Crippen LogP contribution >= 0.6 is 11.6 Å². The van der Waals surface area contributed by atoms with Crippen LogP contribution in [0.5, 0.6) is 0 Å². The van der Waals surface area contributed by atoms with Crippen LogP contribution in [0.15, 0.2) is 0 Å². The Labute approximate surface area is 136 Å². The Morgan fingerprint density at radius 2 is 1.61 bits per heavy atom. The zero-order valence-electron chi connectivity index (χ0n) is 11.9.